The Hall–Kier alpha value is -2.27. The molecule has 4 rings (SSSR count). The first-order valence-corrected chi connectivity index (χ1v) is 9.55. The van der Waals surface area contributed by atoms with Gasteiger partial charge in [-0.25, -0.2) is 0 Å². The van der Waals surface area contributed by atoms with Crippen molar-refractivity contribution in [3.63, 3.8) is 0 Å². The molecule has 1 heterocycles. The van der Waals surface area contributed by atoms with E-state index in [4.69, 9.17) is 4.74 Å². The second-order valence-corrected chi connectivity index (χ2v) is 7.23. The largest absolute Gasteiger partial charge is 0.496 e. The number of hydrogen-bond donors (Lipinski definition) is 0. The number of hydrogen-bond acceptors (Lipinski definition) is 4. The molecular formula is C20H21N3OS. The third kappa shape index (κ3) is 3.71. The van der Waals surface area contributed by atoms with E-state index in [1.54, 1.807) is 18.9 Å². The van der Waals surface area contributed by atoms with E-state index in [0.717, 1.165) is 29.0 Å². The molecule has 0 spiro atoms. The lowest BCUT2D eigenvalue weighted by molar-refractivity contribution is 0.411. The van der Waals surface area contributed by atoms with Gasteiger partial charge in [-0.2, -0.15) is 0 Å². The molecule has 2 aromatic carbocycles. The Morgan fingerprint density at radius 3 is 2.56 bits per heavy atom. The van der Waals surface area contributed by atoms with Crippen LogP contribution in [0, 0.1) is 0 Å². The number of ether oxygens (including phenoxy) is 1. The van der Waals surface area contributed by atoms with E-state index < -0.39 is 0 Å². The average Bonchev–Trinajstić information content (AvgIpc) is 3.43. The third-order valence-electron chi connectivity index (χ3n) is 4.42. The molecule has 3 aromatic rings. The smallest absolute Gasteiger partial charge is 0.191 e. The lowest BCUT2D eigenvalue weighted by Gasteiger charge is -2.11. The Morgan fingerprint density at radius 2 is 1.80 bits per heavy atom. The minimum Gasteiger partial charge on any atom is -0.496 e. The summed E-state index contributed by atoms with van der Waals surface area (Å²) in [5.74, 6) is 3.46. The van der Waals surface area contributed by atoms with Crippen LogP contribution in [0.2, 0.25) is 0 Å². The maximum Gasteiger partial charge on any atom is 0.191 e. The van der Waals surface area contributed by atoms with Crippen LogP contribution in [0.25, 0.3) is 0 Å². The molecule has 1 aliphatic rings. The SMILES string of the molecule is COc1ccccc1CSc1nnc(C2CC2)n1Cc1ccccc1. The number of thioether (sulfide) groups is 1. The molecule has 0 N–H and O–H groups in total. The Kier molecular flexibility index (Phi) is 4.74. The van der Waals surface area contributed by atoms with Crippen LogP contribution in [0.15, 0.2) is 59.8 Å². The summed E-state index contributed by atoms with van der Waals surface area (Å²) in [4.78, 5) is 0. The van der Waals surface area contributed by atoms with Crippen molar-refractivity contribution < 1.29 is 4.74 Å². The highest BCUT2D eigenvalue weighted by molar-refractivity contribution is 7.98. The Labute approximate surface area is 152 Å². The predicted octanol–water partition coefficient (Wildman–Crippen LogP) is 4.50. The summed E-state index contributed by atoms with van der Waals surface area (Å²) in [6.45, 7) is 0.827. The minimum absolute atomic E-state index is 0.580. The van der Waals surface area contributed by atoms with Crippen LogP contribution in [0.3, 0.4) is 0 Å². The Bertz CT molecular complexity index is 843. The normalized spacial score (nSPS) is 13.8. The highest BCUT2D eigenvalue weighted by Gasteiger charge is 2.30. The summed E-state index contributed by atoms with van der Waals surface area (Å²) in [7, 11) is 1.71. The zero-order chi connectivity index (χ0) is 17.1. The van der Waals surface area contributed by atoms with Crippen LogP contribution in [0.1, 0.15) is 35.7 Å². The second kappa shape index (κ2) is 7.31. The molecular weight excluding hydrogens is 330 g/mol. The van der Waals surface area contributed by atoms with Crippen LogP contribution >= 0.6 is 11.8 Å². The number of rotatable bonds is 7. The first-order valence-electron chi connectivity index (χ1n) is 8.57. The summed E-state index contributed by atoms with van der Waals surface area (Å²) < 4.78 is 7.74. The van der Waals surface area contributed by atoms with Gasteiger partial charge in [0.15, 0.2) is 5.16 Å². The van der Waals surface area contributed by atoms with E-state index in [2.05, 4.69) is 51.2 Å². The molecule has 1 aromatic heterocycles. The van der Waals surface area contributed by atoms with Crippen molar-refractivity contribution in [1.29, 1.82) is 0 Å². The fourth-order valence-electron chi connectivity index (χ4n) is 2.93. The topological polar surface area (TPSA) is 39.9 Å². The second-order valence-electron chi connectivity index (χ2n) is 6.29. The van der Waals surface area contributed by atoms with Crippen LogP contribution in [-0.4, -0.2) is 21.9 Å². The number of aromatic nitrogens is 3. The van der Waals surface area contributed by atoms with E-state index in [0.29, 0.717) is 5.92 Å². The fraction of sp³-hybridized carbons (Fsp3) is 0.300. The molecule has 1 fully saturated rings. The number of benzene rings is 2. The van der Waals surface area contributed by atoms with Crippen LogP contribution in [0.4, 0.5) is 0 Å². The van der Waals surface area contributed by atoms with Crippen molar-refractivity contribution in [3.05, 3.63) is 71.5 Å². The summed E-state index contributed by atoms with van der Waals surface area (Å²) in [6, 6.07) is 18.7. The van der Waals surface area contributed by atoms with Crippen LogP contribution in [0.5, 0.6) is 5.75 Å². The molecule has 4 nitrogen and oxygen atoms in total. The van der Waals surface area contributed by atoms with Crippen molar-refractivity contribution in [2.75, 3.05) is 7.11 Å². The van der Waals surface area contributed by atoms with Gasteiger partial charge in [0.2, 0.25) is 0 Å². The quantitative estimate of drug-likeness (QED) is 0.587. The Balaban J connectivity index is 1.57. The van der Waals surface area contributed by atoms with E-state index in [9.17, 15) is 0 Å². The minimum atomic E-state index is 0.580. The van der Waals surface area contributed by atoms with Gasteiger partial charge < -0.3 is 9.30 Å². The average molecular weight is 351 g/mol. The van der Waals surface area contributed by atoms with Crippen molar-refractivity contribution in [2.24, 2.45) is 0 Å². The first-order chi connectivity index (χ1) is 12.3. The molecule has 25 heavy (non-hydrogen) atoms. The van der Waals surface area contributed by atoms with Gasteiger partial charge in [-0.15, -0.1) is 10.2 Å². The number of para-hydroxylation sites is 1. The molecule has 0 amide bonds. The molecule has 1 saturated carbocycles. The van der Waals surface area contributed by atoms with E-state index in [1.807, 2.05) is 18.2 Å². The predicted molar refractivity (Wildman–Crippen MR) is 100 cm³/mol. The van der Waals surface area contributed by atoms with E-state index in [1.165, 1.54) is 24.0 Å². The van der Waals surface area contributed by atoms with Gasteiger partial charge in [-0.1, -0.05) is 60.3 Å². The van der Waals surface area contributed by atoms with Gasteiger partial charge in [0.25, 0.3) is 0 Å². The van der Waals surface area contributed by atoms with Gasteiger partial charge in [-0.3, -0.25) is 0 Å². The molecule has 5 heteroatoms. The van der Waals surface area contributed by atoms with E-state index >= 15 is 0 Å². The van der Waals surface area contributed by atoms with Crippen LogP contribution in [-0.2, 0) is 12.3 Å². The summed E-state index contributed by atoms with van der Waals surface area (Å²) in [6.07, 6.45) is 2.45. The third-order valence-corrected chi connectivity index (χ3v) is 5.44. The molecule has 0 radical (unpaired) electrons. The van der Waals surface area contributed by atoms with Crippen molar-refractivity contribution in [3.8, 4) is 5.75 Å². The fourth-order valence-corrected chi connectivity index (χ4v) is 3.87. The van der Waals surface area contributed by atoms with Crippen molar-refractivity contribution in [1.82, 2.24) is 14.8 Å². The standard InChI is InChI=1S/C20H21N3OS/c1-24-18-10-6-5-9-17(18)14-25-20-22-21-19(16-11-12-16)23(20)13-15-7-3-2-4-8-15/h2-10,16H,11-14H2,1H3. The lowest BCUT2D eigenvalue weighted by Crippen LogP contribution is -2.06. The molecule has 1 aliphatic carbocycles. The zero-order valence-corrected chi connectivity index (χ0v) is 15.1. The van der Waals surface area contributed by atoms with Crippen molar-refractivity contribution in [2.45, 2.75) is 36.2 Å². The summed E-state index contributed by atoms with van der Waals surface area (Å²) in [5.41, 5.74) is 2.46. The summed E-state index contributed by atoms with van der Waals surface area (Å²) in [5, 5.41) is 9.95. The maximum atomic E-state index is 5.46. The molecule has 0 atom stereocenters. The van der Waals surface area contributed by atoms with Crippen molar-refractivity contribution >= 4 is 11.8 Å². The highest BCUT2D eigenvalue weighted by Crippen LogP contribution is 2.40. The monoisotopic (exact) mass is 351 g/mol. The lowest BCUT2D eigenvalue weighted by atomic mass is 10.2. The van der Waals surface area contributed by atoms with Gasteiger partial charge >= 0.3 is 0 Å². The van der Waals surface area contributed by atoms with E-state index in [-0.39, 0.29) is 0 Å². The number of nitrogens with zero attached hydrogens (tertiary/aromatic N) is 3. The Morgan fingerprint density at radius 1 is 1.04 bits per heavy atom. The molecule has 0 aliphatic heterocycles. The molecule has 128 valence electrons. The summed E-state index contributed by atoms with van der Waals surface area (Å²) >= 11 is 1.72. The first kappa shape index (κ1) is 16.2. The maximum absolute atomic E-state index is 5.46. The molecule has 0 saturated heterocycles. The molecule has 0 bridgehead atoms. The number of methoxy groups -OCH3 is 1. The molecule has 0 unspecified atom stereocenters. The van der Waals surface area contributed by atoms with Gasteiger partial charge in [0.05, 0.1) is 13.7 Å². The highest BCUT2D eigenvalue weighted by atomic mass is 32.2. The van der Waals surface area contributed by atoms with Gasteiger partial charge in [0.1, 0.15) is 11.6 Å². The van der Waals surface area contributed by atoms with Gasteiger partial charge in [-0.05, 0) is 24.5 Å². The van der Waals surface area contributed by atoms with Gasteiger partial charge in [0, 0.05) is 17.2 Å². The van der Waals surface area contributed by atoms with Crippen LogP contribution < -0.4 is 4.74 Å². The zero-order valence-electron chi connectivity index (χ0n) is 14.3.